The van der Waals surface area contributed by atoms with Gasteiger partial charge in [0.15, 0.2) is 5.76 Å². The average Bonchev–Trinajstić information content (AvgIpc) is 3.21. The number of hydrazone groups is 1. The second-order valence-corrected chi connectivity index (χ2v) is 5.50. The molecule has 1 aromatic heterocycles. The number of furan rings is 1. The third-order valence-corrected chi connectivity index (χ3v) is 3.75. The van der Waals surface area contributed by atoms with Crippen molar-refractivity contribution in [3.8, 4) is 0 Å². The van der Waals surface area contributed by atoms with E-state index in [0.29, 0.717) is 19.8 Å². The van der Waals surface area contributed by atoms with Gasteiger partial charge in [0.25, 0.3) is 0 Å². The van der Waals surface area contributed by atoms with Crippen molar-refractivity contribution in [1.82, 2.24) is 9.91 Å². The molecule has 0 N–H and O–H groups in total. The first-order valence-corrected chi connectivity index (χ1v) is 7.64. The lowest BCUT2D eigenvalue weighted by Gasteiger charge is -2.27. The molecule has 2 saturated heterocycles. The molecule has 2 fully saturated rings. The first-order valence-electron chi connectivity index (χ1n) is 7.64. The van der Waals surface area contributed by atoms with Crippen LogP contribution in [0.2, 0.25) is 0 Å². The largest absolute Gasteiger partial charge is 0.441 e. The lowest BCUT2D eigenvalue weighted by Crippen LogP contribution is -2.41. The highest BCUT2D eigenvalue weighted by atomic mass is 35.5. The van der Waals surface area contributed by atoms with Crippen molar-refractivity contribution in [2.45, 2.75) is 6.10 Å². The molecule has 0 saturated carbocycles. The first kappa shape index (κ1) is 19.8. The van der Waals surface area contributed by atoms with Gasteiger partial charge in [-0.25, -0.2) is 4.79 Å². The monoisotopic (exact) mass is 388 g/mol. The number of Topliss-reactive ketones (excluding diaryl/α,β-unsaturated/α-hetero) is 1. The van der Waals surface area contributed by atoms with E-state index in [4.69, 9.17) is 13.9 Å². The van der Waals surface area contributed by atoms with Crippen molar-refractivity contribution >= 4 is 36.4 Å². The van der Waals surface area contributed by atoms with Gasteiger partial charge in [0, 0.05) is 19.6 Å². The number of morpholine rings is 1. The molecule has 142 valence electrons. The molecule has 1 atom stereocenters. The molecule has 12 heteroatoms. The molecule has 2 aliphatic rings. The van der Waals surface area contributed by atoms with Crippen LogP contribution < -0.4 is 0 Å². The van der Waals surface area contributed by atoms with Gasteiger partial charge in [-0.05, 0) is 6.07 Å². The Bertz CT molecular complexity index is 701. The summed E-state index contributed by atoms with van der Waals surface area (Å²) in [4.78, 5) is 35.6. The second-order valence-electron chi connectivity index (χ2n) is 5.50. The molecule has 11 nitrogen and oxygen atoms in total. The Labute approximate surface area is 154 Å². The Balaban J connectivity index is 0.00000243. The van der Waals surface area contributed by atoms with Crippen molar-refractivity contribution in [3.63, 3.8) is 0 Å². The van der Waals surface area contributed by atoms with Crippen LogP contribution in [0.5, 0.6) is 0 Å². The Morgan fingerprint density at radius 3 is 2.77 bits per heavy atom. The third kappa shape index (κ3) is 4.77. The zero-order valence-electron chi connectivity index (χ0n) is 13.6. The minimum Gasteiger partial charge on any atom is -0.441 e. The van der Waals surface area contributed by atoms with E-state index >= 15 is 0 Å². The zero-order valence-corrected chi connectivity index (χ0v) is 14.4. The number of hydrogen-bond acceptors (Lipinski definition) is 9. The normalized spacial score (nSPS) is 20.8. The maximum Gasteiger partial charge on any atom is 0.433 e. The number of nitrogens with zero attached hydrogens (tertiary/aromatic N) is 4. The van der Waals surface area contributed by atoms with E-state index in [0.717, 1.165) is 30.4 Å². The minimum atomic E-state index is -0.748. The van der Waals surface area contributed by atoms with Gasteiger partial charge in [-0.3, -0.25) is 19.8 Å². The molecule has 1 unspecified atom stereocenters. The van der Waals surface area contributed by atoms with Crippen LogP contribution in [-0.4, -0.2) is 78.4 Å². The number of ether oxygens (including phenoxy) is 2. The van der Waals surface area contributed by atoms with Crippen molar-refractivity contribution in [3.05, 3.63) is 28.0 Å². The molecule has 2 aliphatic heterocycles. The van der Waals surface area contributed by atoms with Gasteiger partial charge >= 0.3 is 12.0 Å². The second kappa shape index (κ2) is 8.74. The number of ketones is 1. The van der Waals surface area contributed by atoms with E-state index in [-0.39, 0.29) is 30.8 Å². The molecule has 3 rings (SSSR count). The molecule has 0 bridgehead atoms. The SMILES string of the molecule is Cl.O=C(/C=N/N1CC(CN2CCOCC2)OC1=O)c1ccc([N+](=O)[O-])o1. The molecular weight excluding hydrogens is 372 g/mol. The minimum absolute atomic E-state index is 0. The maximum atomic E-state index is 11.9. The Morgan fingerprint density at radius 1 is 1.38 bits per heavy atom. The van der Waals surface area contributed by atoms with Gasteiger partial charge in [-0.15, -0.1) is 12.4 Å². The van der Waals surface area contributed by atoms with Crippen LogP contribution in [0.15, 0.2) is 21.7 Å². The fourth-order valence-corrected chi connectivity index (χ4v) is 2.51. The maximum absolute atomic E-state index is 11.9. The van der Waals surface area contributed by atoms with Crippen LogP contribution in [0.1, 0.15) is 10.6 Å². The number of rotatable bonds is 6. The summed E-state index contributed by atoms with van der Waals surface area (Å²) in [6, 6.07) is 2.25. The highest BCUT2D eigenvalue weighted by Crippen LogP contribution is 2.16. The lowest BCUT2D eigenvalue weighted by atomic mass is 10.3. The molecule has 0 aromatic carbocycles. The summed E-state index contributed by atoms with van der Waals surface area (Å²) in [5, 5.41) is 15.4. The number of cyclic esters (lactones) is 1. The molecule has 0 radical (unpaired) electrons. The van der Waals surface area contributed by atoms with Crippen LogP contribution in [0, 0.1) is 10.1 Å². The fourth-order valence-electron chi connectivity index (χ4n) is 2.51. The smallest absolute Gasteiger partial charge is 0.433 e. The number of carbonyl (C=O) groups is 2. The number of halogens is 1. The molecule has 0 aliphatic carbocycles. The van der Waals surface area contributed by atoms with Crippen LogP contribution in [0.3, 0.4) is 0 Å². The summed E-state index contributed by atoms with van der Waals surface area (Å²) in [6.07, 6.45) is -0.115. The van der Waals surface area contributed by atoms with E-state index in [2.05, 4.69) is 10.0 Å². The summed E-state index contributed by atoms with van der Waals surface area (Å²) < 4.78 is 15.3. The van der Waals surface area contributed by atoms with Crippen molar-refractivity contribution in [1.29, 1.82) is 0 Å². The van der Waals surface area contributed by atoms with Gasteiger partial charge in [-0.1, -0.05) is 0 Å². The van der Waals surface area contributed by atoms with Gasteiger partial charge in [0.2, 0.25) is 5.78 Å². The van der Waals surface area contributed by atoms with Crippen LogP contribution in [0.4, 0.5) is 10.7 Å². The first-order chi connectivity index (χ1) is 12.0. The lowest BCUT2D eigenvalue weighted by molar-refractivity contribution is -0.402. The standard InChI is InChI=1S/C14H16N4O7.ClH/c19-11(12-1-2-13(25-12)18(21)22)7-15-17-9-10(24-14(17)20)8-16-3-5-23-6-4-16;/h1-2,7,10H,3-6,8-9H2;1H/b15-7+;. The van der Waals surface area contributed by atoms with E-state index < -0.39 is 22.7 Å². The number of carbonyl (C=O) groups excluding carboxylic acids is 2. The van der Waals surface area contributed by atoms with Gasteiger partial charge in [0.05, 0.1) is 32.0 Å². The van der Waals surface area contributed by atoms with Gasteiger partial charge in [0.1, 0.15) is 11.0 Å². The summed E-state index contributed by atoms with van der Waals surface area (Å²) in [5.41, 5.74) is 0. The zero-order chi connectivity index (χ0) is 17.8. The van der Waals surface area contributed by atoms with Crippen LogP contribution in [-0.2, 0) is 9.47 Å². The van der Waals surface area contributed by atoms with Crippen LogP contribution >= 0.6 is 12.4 Å². The molecule has 26 heavy (non-hydrogen) atoms. The molecule has 1 aromatic rings. The summed E-state index contributed by atoms with van der Waals surface area (Å²) >= 11 is 0. The Hall–Kier alpha value is -2.50. The third-order valence-electron chi connectivity index (χ3n) is 3.75. The molecule has 3 heterocycles. The average molecular weight is 389 g/mol. The van der Waals surface area contributed by atoms with Crippen molar-refractivity contribution in [2.24, 2.45) is 5.10 Å². The van der Waals surface area contributed by atoms with Crippen molar-refractivity contribution in [2.75, 3.05) is 39.4 Å². The number of amides is 1. The highest BCUT2D eigenvalue weighted by Gasteiger charge is 2.33. The van der Waals surface area contributed by atoms with E-state index in [9.17, 15) is 19.7 Å². The molecular formula is C14H17ClN4O7. The van der Waals surface area contributed by atoms with Crippen molar-refractivity contribution < 1.29 is 28.4 Å². The fraction of sp³-hybridized carbons (Fsp3) is 0.500. The van der Waals surface area contributed by atoms with Crippen LogP contribution in [0.25, 0.3) is 0 Å². The Morgan fingerprint density at radius 2 is 2.12 bits per heavy atom. The van der Waals surface area contributed by atoms with Gasteiger partial charge < -0.3 is 13.9 Å². The summed E-state index contributed by atoms with van der Waals surface area (Å²) in [7, 11) is 0. The highest BCUT2D eigenvalue weighted by molar-refractivity contribution is 6.34. The predicted molar refractivity (Wildman–Crippen MR) is 89.7 cm³/mol. The van der Waals surface area contributed by atoms with Gasteiger partial charge in [-0.2, -0.15) is 10.1 Å². The molecule has 1 amide bonds. The van der Waals surface area contributed by atoms with E-state index in [1.54, 1.807) is 0 Å². The predicted octanol–water partition coefficient (Wildman–Crippen LogP) is 0.931. The number of nitro groups is 1. The van der Waals surface area contributed by atoms with E-state index in [1.165, 1.54) is 6.07 Å². The summed E-state index contributed by atoms with van der Waals surface area (Å²) in [5.74, 6) is -1.45. The summed E-state index contributed by atoms with van der Waals surface area (Å²) in [6.45, 7) is 3.62. The Kier molecular flexibility index (Phi) is 6.66. The quantitative estimate of drug-likeness (QED) is 0.304. The molecule has 0 spiro atoms. The topological polar surface area (TPSA) is 128 Å². The van der Waals surface area contributed by atoms with E-state index in [1.807, 2.05) is 0 Å². The number of hydrogen-bond donors (Lipinski definition) is 0.